The third-order valence-corrected chi connectivity index (χ3v) is 6.87. The third kappa shape index (κ3) is 5.16. The Hall–Kier alpha value is -3.15. The summed E-state index contributed by atoms with van der Waals surface area (Å²) in [6, 6.07) is 22.8. The molecule has 0 unspecified atom stereocenters. The Labute approximate surface area is 200 Å². The summed E-state index contributed by atoms with van der Waals surface area (Å²) in [6.07, 6.45) is 4.05. The van der Waals surface area contributed by atoms with Crippen LogP contribution >= 0.6 is 0 Å². The SMILES string of the molecule is O=C1OCC/C1=C\c1ccccc1OC[C@@H](O)CN1CCC(c2cccc3ccccc23)CC1. The van der Waals surface area contributed by atoms with Gasteiger partial charge in [0.05, 0.1) is 6.61 Å². The van der Waals surface area contributed by atoms with Crippen LogP contribution in [0, 0.1) is 0 Å². The standard InChI is InChI=1S/C29H31NO4/c31-25(20-34-28-11-4-2-7-23(28)18-24-14-17-33-29(24)32)19-30-15-12-22(13-16-30)27-10-5-8-21-6-1-3-9-26(21)27/h1-11,18,22,25,31H,12-17,19-20H2/b24-18+/t25-/m0/s1. The highest BCUT2D eigenvalue weighted by molar-refractivity contribution is 5.95. The lowest BCUT2D eigenvalue weighted by molar-refractivity contribution is -0.134. The molecule has 0 aliphatic carbocycles. The van der Waals surface area contributed by atoms with E-state index in [0.717, 1.165) is 31.5 Å². The number of β-amino-alcohol motifs (C(OH)–C–C–N with tert-alkyl or cyclic N) is 1. The summed E-state index contributed by atoms with van der Waals surface area (Å²) in [4.78, 5) is 14.1. The van der Waals surface area contributed by atoms with Crippen molar-refractivity contribution >= 4 is 22.8 Å². The van der Waals surface area contributed by atoms with Crippen molar-refractivity contribution in [3.63, 3.8) is 0 Å². The number of likely N-dealkylation sites (tertiary alicyclic amines) is 1. The number of carbonyl (C=O) groups excluding carboxylic acids is 1. The number of aliphatic hydroxyl groups is 1. The van der Waals surface area contributed by atoms with E-state index in [1.54, 1.807) is 0 Å². The summed E-state index contributed by atoms with van der Waals surface area (Å²) in [5.41, 5.74) is 2.93. The first kappa shape index (κ1) is 22.6. The summed E-state index contributed by atoms with van der Waals surface area (Å²) in [7, 11) is 0. The quantitative estimate of drug-likeness (QED) is 0.408. The number of aliphatic hydroxyl groups excluding tert-OH is 1. The number of esters is 1. The van der Waals surface area contributed by atoms with Crippen molar-refractivity contribution in [2.24, 2.45) is 0 Å². The minimum absolute atomic E-state index is 0.216. The van der Waals surface area contributed by atoms with E-state index < -0.39 is 6.10 Å². The lowest BCUT2D eigenvalue weighted by atomic mass is 9.86. The van der Waals surface area contributed by atoms with Crippen molar-refractivity contribution in [3.8, 4) is 5.75 Å². The van der Waals surface area contributed by atoms with Gasteiger partial charge in [-0.1, -0.05) is 60.7 Å². The van der Waals surface area contributed by atoms with Crippen molar-refractivity contribution < 1.29 is 19.4 Å². The minimum atomic E-state index is -0.578. The van der Waals surface area contributed by atoms with Gasteiger partial charge in [-0.25, -0.2) is 4.79 Å². The van der Waals surface area contributed by atoms with Crippen molar-refractivity contribution in [2.75, 3.05) is 32.8 Å². The van der Waals surface area contributed by atoms with Crippen LogP contribution in [0.3, 0.4) is 0 Å². The number of carbonyl (C=O) groups is 1. The maximum atomic E-state index is 11.8. The molecular formula is C29H31NO4. The molecule has 2 fully saturated rings. The molecule has 3 aromatic rings. The van der Waals surface area contributed by atoms with Crippen LogP contribution in [0.1, 0.15) is 36.3 Å². The van der Waals surface area contributed by atoms with Crippen LogP contribution in [-0.2, 0) is 9.53 Å². The Balaban J connectivity index is 1.14. The molecule has 0 aromatic heterocycles. The molecule has 176 valence electrons. The second-order valence-corrected chi connectivity index (χ2v) is 9.20. The maximum Gasteiger partial charge on any atom is 0.334 e. The molecule has 2 aliphatic heterocycles. The third-order valence-electron chi connectivity index (χ3n) is 6.87. The molecule has 5 rings (SSSR count). The Kier molecular flexibility index (Phi) is 6.93. The molecule has 1 atom stereocenters. The molecule has 0 radical (unpaired) electrons. The first-order chi connectivity index (χ1) is 16.7. The van der Waals surface area contributed by atoms with Crippen LogP contribution in [0.4, 0.5) is 0 Å². The predicted molar refractivity (Wildman–Crippen MR) is 134 cm³/mol. The largest absolute Gasteiger partial charge is 0.490 e. The number of para-hydroxylation sites is 1. The molecule has 3 aromatic carbocycles. The van der Waals surface area contributed by atoms with E-state index in [0.29, 0.717) is 36.8 Å². The van der Waals surface area contributed by atoms with E-state index in [9.17, 15) is 9.90 Å². The molecule has 2 saturated heterocycles. The summed E-state index contributed by atoms with van der Waals surface area (Å²) >= 11 is 0. The zero-order valence-corrected chi connectivity index (χ0v) is 19.4. The Morgan fingerprint density at radius 1 is 1.03 bits per heavy atom. The van der Waals surface area contributed by atoms with E-state index in [4.69, 9.17) is 9.47 Å². The first-order valence-electron chi connectivity index (χ1n) is 12.1. The van der Waals surface area contributed by atoms with Gasteiger partial charge in [0.15, 0.2) is 0 Å². The predicted octanol–water partition coefficient (Wildman–Crippen LogP) is 4.79. The lowest BCUT2D eigenvalue weighted by Gasteiger charge is -2.33. The van der Waals surface area contributed by atoms with Gasteiger partial charge in [0.1, 0.15) is 18.5 Å². The first-order valence-corrected chi connectivity index (χ1v) is 12.1. The number of cyclic esters (lactones) is 1. The summed E-state index contributed by atoms with van der Waals surface area (Å²) in [5, 5.41) is 13.3. The van der Waals surface area contributed by atoms with Gasteiger partial charge < -0.3 is 19.5 Å². The Bertz CT molecular complexity index is 1170. The van der Waals surface area contributed by atoms with Crippen LogP contribution in [-0.4, -0.2) is 54.9 Å². The van der Waals surface area contributed by atoms with Crippen LogP contribution in [0.2, 0.25) is 0 Å². The van der Waals surface area contributed by atoms with E-state index in [1.165, 1.54) is 16.3 Å². The number of piperidine rings is 1. The van der Waals surface area contributed by atoms with Crippen LogP contribution in [0.15, 0.2) is 72.3 Å². The van der Waals surface area contributed by atoms with E-state index >= 15 is 0 Å². The average molecular weight is 458 g/mol. The highest BCUT2D eigenvalue weighted by Gasteiger charge is 2.24. The van der Waals surface area contributed by atoms with Crippen molar-refractivity contribution in [2.45, 2.75) is 31.3 Å². The summed E-state index contributed by atoms with van der Waals surface area (Å²) < 4.78 is 11.0. The van der Waals surface area contributed by atoms with E-state index in [-0.39, 0.29) is 12.6 Å². The molecule has 1 N–H and O–H groups in total. The zero-order valence-electron chi connectivity index (χ0n) is 19.4. The fourth-order valence-electron chi connectivity index (χ4n) is 5.07. The van der Waals surface area contributed by atoms with Gasteiger partial charge >= 0.3 is 5.97 Å². The van der Waals surface area contributed by atoms with E-state index in [2.05, 4.69) is 47.4 Å². The number of ether oxygens (including phenoxy) is 2. The van der Waals surface area contributed by atoms with Gasteiger partial charge in [-0.15, -0.1) is 0 Å². The molecule has 0 amide bonds. The number of benzene rings is 3. The highest BCUT2D eigenvalue weighted by Crippen LogP contribution is 2.33. The van der Waals surface area contributed by atoms with Crippen LogP contribution in [0.5, 0.6) is 5.75 Å². The fraction of sp³-hybridized carbons (Fsp3) is 0.345. The summed E-state index contributed by atoms with van der Waals surface area (Å²) in [5.74, 6) is 0.961. The molecule has 34 heavy (non-hydrogen) atoms. The Morgan fingerprint density at radius 2 is 1.79 bits per heavy atom. The number of hydrogen-bond donors (Lipinski definition) is 1. The maximum absolute atomic E-state index is 11.8. The smallest absolute Gasteiger partial charge is 0.334 e. The van der Waals surface area contributed by atoms with Gasteiger partial charge in [-0.3, -0.25) is 0 Å². The average Bonchev–Trinajstić information content (AvgIpc) is 3.28. The number of rotatable bonds is 7. The Morgan fingerprint density at radius 3 is 2.62 bits per heavy atom. The minimum Gasteiger partial charge on any atom is -0.490 e. The number of fused-ring (bicyclic) bond motifs is 1. The van der Waals surface area contributed by atoms with Crippen LogP contribution in [0.25, 0.3) is 16.8 Å². The van der Waals surface area contributed by atoms with Gasteiger partial charge in [0.2, 0.25) is 0 Å². The lowest BCUT2D eigenvalue weighted by Crippen LogP contribution is -2.40. The van der Waals surface area contributed by atoms with Gasteiger partial charge in [-0.05, 0) is 60.3 Å². The van der Waals surface area contributed by atoms with Gasteiger partial charge in [-0.2, -0.15) is 0 Å². The molecular weight excluding hydrogens is 426 g/mol. The van der Waals surface area contributed by atoms with E-state index in [1.807, 2.05) is 30.3 Å². The normalized spacial score (nSPS) is 19.4. The van der Waals surface area contributed by atoms with Crippen molar-refractivity contribution in [1.29, 1.82) is 0 Å². The topological polar surface area (TPSA) is 59.0 Å². The fourth-order valence-corrected chi connectivity index (χ4v) is 5.07. The number of nitrogens with zero attached hydrogens (tertiary/aromatic N) is 1. The van der Waals surface area contributed by atoms with Crippen molar-refractivity contribution in [3.05, 3.63) is 83.4 Å². The van der Waals surface area contributed by atoms with Crippen LogP contribution < -0.4 is 4.74 Å². The number of hydrogen-bond acceptors (Lipinski definition) is 5. The molecule has 0 spiro atoms. The van der Waals surface area contributed by atoms with Gasteiger partial charge in [0, 0.05) is 24.1 Å². The molecule has 5 heteroatoms. The van der Waals surface area contributed by atoms with Gasteiger partial charge in [0.25, 0.3) is 0 Å². The molecule has 2 aliphatic rings. The second kappa shape index (κ2) is 10.4. The highest BCUT2D eigenvalue weighted by atomic mass is 16.5. The second-order valence-electron chi connectivity index (χ2n) is 9.20. The molecule has 0 bridgehead atoms. The molecule has 5 nitrogen and oxygen atoms in total. The zero-order chi connectivity index (χ0) is 23.3. The monoisotopic (exact) mass is 457 g/mol. The molecule has 2 heterocycles. The molecule has 0 saturated carbocycles. The summed E-state index contributed by atoms with van der Waals surface area (Å²) in [6.45, 7) is 3.18. The van der Waals surface area contributed by atoms with Crippen molar-refractivity contribution in [1.82, 2.24) is 4.90 Å².